The molecule has 31 heavy (non-hydrogen) atoms. The number of fused-ring (bicyclic) bond motifs is 1. The van der Waals surface area contributed by atoms with Crippen LogP contribution in [0.15, 0.2) is 67.0 Å². The third kappa shape index (κ3) is 4.12. The van der Waals surface area contributed by atoms with Crippen LogP contribution in [0.25, 0.3) is 5.69 Å². The van der Waals surface area contributed by atoms with E-state index >= 15 is 0 Å². The Labute approximate surface area is 180 Å². The maximum Gasteiger partial charge on any atom is 0.277 e. The van der Waals surface area contributed by atoms with Crippen LogP contribution in [0, 0.1) is 0 Å². The molecule has 1 amide bonds. The molecule has 7 heteroatoms. The number of para-hydroxylation sites is 1. The quantitative estimate of drug-likeness (QED) is 0.502. The van der Waals surface area contributed by atoms with Gasteiger partial charge in [-0.1, -0.05) is 30.7 Å². The lowest BCUT2D eigenvalue weighted by Crippen LogP contribution is -2.16. The highest BCUT2D eigenvalue weighted by molar-refractivity contribution is 6.03. The number of carbonyl (C=O) groups excluding carboxylic acids is 1. The summed E-state index contributed by atoms with van der Waals surface area (Å²) in [5, 5.41) is 12.1. The minimum atomic E-state index is -0.212. The molecule has 156 valence electrons. The molecule has 7 nitrogen and oxygen atoms in total. The average Bonchev–Trinajstić information content (AvgIpc) is 3.31. The summed E-state index contributed by atoms with van der Waals surface area (Å²) >= 11 is 0. The van der Waals surface area contributed by atoms with Crippen LogP contribution in [0.3, 0.4) is 0 Å². The van der Waals surface area contributed by atoms with E-state index in [1.165, 1.54) is 6.42 Å². The van der Waals surface area contributed by atoms with Crippen molar-refractivity contribution < 1.29 is 4.79 Å². The molecule has 0 bridgehead atoms. The molecule has 1 aliphatic rings. The zero-order valence-corrected chi connectivity index (χ0v) is 17.2. The van der Waals surface area contributed by atoms with E-state index in [4.69, 9.17) is 5.10 Å². The second-order valence-corrected chi connectivity index (χ2v) is 7.76. The molecule has 0 atom stereocenters. The Balaban J connectivity index is 1.40. The maximum absolute atomic E-state index is 13.2. The molecule has 0 saturated heterocycles. The van der Waals surface area contributed by atoms with E-state index in [0.717, 1.165) is 48.3 Å². The van der Waals surface area contributed by atoms with E-state index in [2.05, 4.69) is 15.4 Å². The predicted octanol–water partition coefficient (Wildman–Crippen LogP) is 4.03. The van der Waals surface area contributed by atoms with Crippen LogP contribution < -0.4 is 5.32 Å². The van der Waals surface area contributed by atoms with E-state index in [-0.39, 0.29) is 5.91 Å². The van der Waals surface area contributed by atoms with Gasteiger partial charge in [-0.05, 0) is 49.9 Å². The normalized spacial score (nSPS) is 13.4. The number of amides is 1. The van der Waals surface area contributed by atoms with Crippen molar-refractivity contribution in [3.8, 4) is 5.69 Å². The van der Waals surface area contributed by atoms with Crippen LogP contribution in [-0.2, 0) is 19.4 Å². The van der Waals surface area contributed by atoms with Crippen molar-refractivity contribution in [2.24, 2.45) is 0 Å². The first kappa shape index (κ1) is 19.2. The van der Waals surface area contributed by atoms with E-state index in [1.54, 1.807) is 16.9 Å². The fourth-order valence-electron chi connectivity index (χ4n) is 4.09. The summed E-state index contributed by atoms with van der Waals surface area (Å²) in [6.45, 7) is 0.550. The molecule has 1 aromatic carbocycles. The minimum Gasteiger partial charge on any atom is -0.304 e. The van der Waals surface area contributed by atoms with Gasteiger partial charge in [0.1, 0.15) is 0 Å². The van der Waals surface area contributed by atoms with Gasteiger partial charge in [-0.25, -0.2) is 4.68 Å². The molecular formula is C24H24N6O. The Morgan fingerprint density at radius 2 is 1.77 bits per heavy atom. The lowest BCUT2D eigenvalue weighted by atomic mass is 10.1. The fraction of sp³-hybridized carbons (Fsp3) is 0.250. The molecule has 1 aliphatic carbocycles. The van der Waals surface area contributed by atoms with E-state index in [1.807, 2.05) is 59.4 Å². The van der Waals surface area contributed by atoms with E-state index in [0.29, 0.717) is 18.1 Å². The number of rotatable bonds is 5. The Kier molecular flexibility index (Phi) is 5.31. The van der Waals surface area contributed by atoms with Crippen LogP contribution in [0.2, 0.25) is 0 Å². The van der Waals surface area contributed by atoms with Crippen molar-refractivity contribution in [3.63, 3.8) is 0 Å². The molecule has 3 heterocycles. The van der Waals surface area contributed by atoms with E-state index in [9.17, 15) is 4.79 Å². The van der Waals surface area contributed by atoms with Gasteiger partial charge in [0.25, 0.3) is 5.91 Å². The second kappa shape index (κ2) is 8.55. The van der Waals surface area contributed by atoms with Gasteiger partial charge in [0, 0.05) is 29.7 Å². The number of nitrogens with one attached hydrogen (secondary N) is 1. The number of carbonyl (C=O) groups is 1. The molecule has 5 rings (SSSR count). The molecule has 0 radical (unpaired) electrons. The fourth-order valence-corrected chi connectivity index (χ4v) is 4.09. The highest BCUT2D eigenvalue weighted by Gasteiger charge is 2.25. The van der Waals surface area contributed by atoms with Crippen molar-refractivity contribution in [1.82, 2.24) is 24.5 Å². The summed E-state index contributed by atoms with van der Waals surface area (Å²) in [4.78, 5) is 17.5. The number of nitrogens with zero attached hydrogens (tertiary/aromatic N) is 5. The van der Waals surface area contributed by atoms with Crippen molar-refractivity contribution in [3.05, 3.63) is 89.6 Å². The molecule has 3 aromatic heterocycles. The highest BCUT2D eigenvalue weighted by Crippen LogP contribution is 2.27. The summed E-state index contributed by atoms with van der Waals surface area (Å²) in [5.74, 6) is 0.300. The Hall–Kier alpha value is -3.74. The van der Waals surface area contributed by atoms with Crippen molar-refractivity contribution in [2.75, 3.05) is 5.32 Å². The standard InChI is InChI=1S/C24H24N6O/c31-24(26-22-14-16-29(27-22)17-18-9-7-8-15-25-18)23-20-12-5-2-6-13-21(20)30(28-23)19-10-3-1-4-11-19/h1,3-4,7-11,14-16H,2,5-6,12-13,17H2,(H,26,27,31). The van der Waals surface area contributed by atoms with Crippen LogP contribution in [-0.4, -0.2) is 30.5 Å². The van der Waals surface area contributed by atoms with Crippen molar-refractivity contribution >= 4 is 11.7 Å². The number of pyridine rings is 1. The van der Waals surface area contributed by atoms with Gasteiger partial charge in [-0.15, -0.1) is 0 Å². The Morgan fingerprint density at radius 1 is 0.935 bits per heavy atom. The predicted molar refractivity (Wildman–Crippen MR) is 118 cm³/mol. The highest BCUT2D eigenvalue weighted by atomic mass is 16.2. The zero-order chi connectivity index (χ0) is 21.0. The van der Waals surface area contributed by atoms with Crippen LogP contribution >= 0.6 is 0 Å². The molecule has 0 unspecified atom stereocenters. The first-order chi connectivity index (χ1) is 15.3. The number of aromatic nitrogens is 5. The van der Waals surface area contributed by atoms with Crippen LogP contribution in [0.4, 0.5) is 5.82 Å². The third-order valence-corrected chi connectivity index (χ3v) is 5.58. The van der Waals surface area contributed by atoms with Crippen LogP contribution in [0.5, 0.6) is 0 Å². The molecule has 1 N–H and O–H groups in total. The maximum atomic E-state index is 13.2. The largest absolute Gasteiger partial charge is 0.304 e. The molecule has 4 aromatic rings. The summed E-state index contributed by atoms with van der Waals surface area (Å²) in [6.07, 6.45) is 8.77. The molecule has 0 aliphatic heterocycles. The van der Waals surface area contributed by atoms with E-state index < -0.39 is 0 Å². The van der Waals surface area contributed by atoms with Gasteiger partial charge in [-0.2, -0.15) is 10.2 Å². The summed E-state index contributed by atoms with van der Waals surface area (Å²) in [5.41, 5.74) is 4.61. The summed E-state index contributed by atoms with van der Waals surface area (Å²) in [6, 6.07) is 17.6. The van der Waals surface area contributed by atoms with Gasteiger partial charge >= 0.3 is 0 Å². The Bertz CT molecular complexity index is 1180. The lowest BCUT2D eigenvalue weighted by Gasteiger charge is -2.06. The molecular weight excluding hydrogens is 388 g/mol. The van der Waals surface area contributed by atoms with Crippen molar-refractivity contribution in [2.45, 2.75) is 38.6 Å². The van der Waals surface area contributed by atoms with Gasteiger partial charge < -0.3 is 5.32 Å². The monoisotopic (exact) mass is 412 g/mol. The van der Waals surface area contributed by atoms with Gasteiger partial charge in [0.05, 0.1) is 17.9 Å². The first-order valence-corrected chi connectivity index (χ1v) is 10.7. The average molecular weight is 412 g/mol. The molecule has 0 fully saturated rings. The SMILES string of the molecule is O=C(Nc1ccn(Cc2ccccn2)n1)c1nn(-c2ccccc2)c2c1CCCCC2. The smallest absolute Gasteiger partial charge is 0.277 e. The molecule has 0 spiro atoms. The number of hydrogen-bond acceptors (Lipinski definition) is 4. The second-order valence-electron chi connectivity index (χ2n) is 7.76. The summed E-state index contributed by atoms with van der Waals surface area (Å²) in [7, 11) is 0. The van der Waals surface area contributed by atoms with Gasteiger partial charge in [0.15, 0.2) is 11.5 Å². The van der Waals surface area contributed by atoms with Gasteiger partial charge in [0.2, 0.25) is 0 Å². The summed E-state index contributed by atoms with van der Waals surface area (Å²) < 4.78 is 3.70. The van der Waals surface area contributed by atoms with Crippen molar-refractivity contribution in [1.29, 1.82) is 0 Å². The van der Waals surface area contributed by atoms with Crippen LogP contribution in [0.1, 0.15) is 46.7 Å². The number of anilines is 1. The van der Waals surface area contributed by atoms with Gasteiger partial charge in [-0.3, -0.25) is 14.5 Å². The Morgan fingerprint density at radius 3 is 2.61 bits per heavy atom. The zero-order valence-electron chi connectivity index (χ0n) is 17.2. The topological polar surface area (TPSA) is 77.6 Å². The number of hydrogen-bond donors (Lipinski definition) is 1. The molecule has 0 saturated carbocycles. The first-order valence-electron chi connectivity index (χ1n) is 10.7. The number of benzene rings is 1. The third-order valence-electron chi connectivity index (χ3n) is 5.58. The lowest BCUT2D eigenvalue weighted by molar-refractivity contribution is 0.102. The minimum absolute atomic E-state index is 0.212.